The van der Waals surface area contributed by atoms with Crippen LogP contribution in [0.1, 0.15) is 31.2 Å². The third-order valence-electron chi connectivity index (χ3n) is 3.68. The first-order valence-electron chi connectivity index (χ1n) is 6.77. The van der Waals surface area contributed by atoms with E-state index in [4.69, 9.17) is 0 Å². The Hall–Kier alpha value is -1.02. The van der Waals surface area contributed by atoms with Crippen molar-refractivity contribution in [3.8, 4) is 0 Å². The summed E-state index contributed by atoms with van der Waals surface area (Å²) >= 11 is 0. The van der Waals surface area contributed by atoms with Crippen LogP contribution >= 0.6 is 0 Å². The average molecular weight is 232 g/mol. The molecule has 2 heteroatoms. The quantitative estimate of drug-likeness (QED) is 0.839. The Morgan fingerprint density at radius 1 is 1.29 bits per heavy atom. The Morgan fingerprint density at radius 3 is 2.76 bits per heavy atom. The summed E-state index contributed by atoms with van der Waals surface area (Å²) in [4.78, 5) is 2.33. The van der Waals surface area contributed by atoms with Crippen LogP contribution in [0.15, 0.2) is 24.3 Å². The minimum absolute atomic E-state index is 0.779. The zero-order valence-electron chi connectivity index (χ0n) is 11.1. The highest BCUT2D eigenvalue weighted by Gasteiger charge is 2.13. The van der Waals surface area contributed by atoms with Gasteiger partial charge < -0.3 is 10.2 Å². The predicted molar refractivity (Wildman–Crippen MR) is 74.7 cm³/mol. The lowest BCUT2D eigenvalue weighted by molar-refractivity contribution is 0.528. The van der Waals surface area contributed by atoms with Gasteiger partial charge >= 0.3 is 0 Å². The zero-order chi connectivity index (χ0) is 12.1. The zero-order valence-corrected chi connectivity index (χ0v) is 11.1. The van der Waals surface area contributed by atoms with Gasteiger partial charge in [-0.2, -0.15) is 0 Å². The third kappa shape index (κ3) is 3.74. The van der Waals surface area contributed by atoms with E-state index in [0.717, 1.165) is 19.1 Å². The van der Waals surface area contributed by atoms with Crippen molar-refractivity contribution in [2.75, 3.05) is 25.0 Å². The minimum Gasteiger partial charge on any atom is -0.373 e. The summed E-state index contributed by atoms with van der Waals surface area (Å²) < 4.78 is 0. The molecule has 0 radical (unpaired) electrons. The van der Waals surface area contributed by atoms with Gasteiger partial charge in [0.2, 0.25) is 0 Å². The second kappa shape index (κ2) is 6.06. The topological polar surface area (TPSA) is 15.3 Å². The molecule has 0 heterocycles. The van der Waals surface area contributed by atoms with E-state index in [0.29, 0.717) is 0 Å². The van der Waals surface area contributed by atoms with Crippen molar-refractivity contribution in [3.63, 3.8) is 0 Å². The van der Waals surface area contributed by atoms with Crippen LogP contribution in [0, 0.1) is 6.92 Å². The van der Waals surface area contributed by atoms with E-state index < -0.39 is 0 Å². The van der Waals surface area contributed by atoms with Crippen LogP contribution in [0.25, 0.3) is 0 Å². The largest absolute Gasteiger partial charge is 0.373 e. The molecule has 0 spiro atoms. The van der Waals surface area contributed by atoms with Gasteiger partial charge in [-0.15, -0.1) is 0 Å². The van der Waals surface area contributed by atoms with Crippen molar-refractivity contribution in [1.82, 2.24) is 5.32 Å². The maximum absolute atomic E-state index is 3.66. The average Bonchev–Trinajstić information content (AvgIpc) is 2.82. The molecule has 2 nitrogen and oxygen atoms in total. The molecule has 0 saturated heterocycles. The molecule has 1 N–H and O–H groups in total. The highest BCUT2D eigenvalue weighted by atomic mass is 15.1. The predicted octanol–water partition coefficient (Wildman–Crippen LogP) is 2.96. The highest BCUT2D eigenvalue weighted by molar-refractivity contribution is 5.47. The Kier molecular flexibility index (Phi) is 4.43. The van der Waals surface area contributed by atoms with Gasteiger partial charge in [0.05, 0.1) is 0 Å². The number of anilines is 1. The van der Waals surface area contributed by atoms with Crippen LogP contribution in [0.2, 0.25) is 0 Å². The fraction of sp³-hybridized carbons (Fsp3) is 0.600. The molecule has 0 aliphatic heterocycles. The van der Waals surface area contributed by atoms with Crippen molar-refractivity contribution in [2.24, 2.45) is 0 Å². The van der Waals surface area contributed by atoms with Gasteiger partial charge in [-0.1, -0.05) is 25.0 Å². The number of benzene rings is 1. The van der Waals surface area contributed by atoms with Gasteiger partial charge in [0.25, 0.3) is 0 Å². The van der Waals surface area contributed by atoms with Gasteiger partial charge in [0.15, 0.2) is 0 Å². The monoisotopic (exact) mass is 232 g/mol. The van der Waals surface area contributed by atoms with Crippen LogP contribution in [0.4, 0.5) is 5.69 Å². The van der Waals surface area contributed by atoms with Crippen LogP contribution in [-0.2, 0) is 0 Å². The summed E-state index contributed by atoms with van der Waals surface area (Å²) in [6.07, 6.45) is 5.55. The molecule has 17 heavy (non-hydrogen) atoms. The Labute approximate surface area is 105 Å². The van der Waals surface area contributed by atoms with E-state index in [1.54, 1.807) is 0 Å². The number of nitrogens with zero attached hydrogens (tertiary/aromatic N) is 1. The van der Waals surface area contributed by atoms with Crippen molar-refractivity contribution >= 4 is 5.69 Å². The van der Waals surface area contributed by atoms with E-state index >= 15 is 0 Å². The fourth-order valence-corrected chi connectivity index (χ4v) is 2.56. The number of rotatable bonds is 5. The summed E-state index contributed by atoms with van der Waals surface area (Å²) in [5, 5.41) is 3.66. The summed E-state index contributed by atoms with van der Waals surface area (Å²) in [5.41, 5.74) is 2.65. The first-order chi connectivity index (χ1) is 8.25. The normalized spacial score (nSPS) is 16.4. The Morgan fingerprint density at radius 2 is 2.06 bits per heavy atom. The number of likely N-dealkylation sites (N-methyl/N-ethyl adjacent to an activating group) is 1. The van der Waals surface area contributed by atoms with Crippen molar-refractivity contribution in [1.29, 1.82) is 0 Å². The Bertz CT molecular complexity index is 343. The smallest absolute Gasteiger partial charge is 0.0366 e. The number of nitrogens with one attached hydrogen (secondary N) is 1. The standard InChI is InChI=1S/C15H24N2/c1-13-6-5-9-15(12-13)17(2)11-10-16-14-7-3-4-8-14/h5-6,9,12,14,16H,3-4,7-8,10-11H2,1-2H3. The molecule has 0 atom stereocenters. The molecule has 94 valence electrons. The molecular formula is C15H24N2. The van der Waals surface area contributed by atoms with Crippen LogP contribution in [0.3, 0.4) is 0 Å². The lowest BCUT2D eigenvalue weighted by Crippen LogP contribution is -2.34. The molecule has 1 saturated carbocycles. The van der Waals surface area contributed by atoms with Gasteiger partial charge in [0.1, 0.15) is 0 Å². The van der Waals surface area contributed by atoms with E-state index in [2.05, 4.69) is 48.5 Å². The fourth-order valence-electron chi connectivity index (χ4n) is 2.56. The minimum atomic E-state index is 0.779. The molecule has 0 bridgehead atoms. The van der Waals surface area contributed by atoms with E-state index in [9.17, 15) is 0 Å². The van der Waals surface area contributed by atoms with Gasteiger partial charge in [-0.05, 0) is 37.5 Å². The second-order valence-electron chi connectivity index (χ2n) is 5.20. The molecule has 1 aliphatic rings. The first-order valence-corrected chi connectivity index (χ1v) is 6.77. The molecular weight excluding hydrogens is 208 g/mol. The van der Waals surface area contributed by atoms with E-state index in [1.165, 1.54) is 36.9 Å². The molecule has 1 aromatic rings. The van der Waals surface area contributed by atoms with Crippen LogP contribution < -0.4 is 10.2 Å². The van der Waals surface area contributed by atoms with Crippen molar-refractivity contribution in [3.05, 3.63) is 29.8 Å². The van der Waals surface area contributed by atoms with E-state index in [1.807, 2.05) is 0 Å². The summed E-state index contributed by atoms with van der Waals surface area (Å²) in [7, 11) is 2.17. The van der Waals surface area contributed by atoms with Crippen LogP contribution in [-0.4, -0.2) is 26.2 Å². The number of hydrogen-bond acceptors (Lipinski definition) is 2. The van der Waals surface area contributed by atoms with Crippen molar-refractivity contribution in [2.45, 2.75) is 38.6 Å². The maximum Gasteiger partial charge on any atom is 0.0366 e. The SMILES string of the molecule is Cc1cccc(N(C)CCNC2CCCC2)c1. The molecule has 1 aliphatic carbocycles. The lowest BCUT2D eigenvalue weighted by atomic mass is 10.2. The number of aryl methyl sites for hydroxylation is 1. The first kappa shape index (κ1) is 12.4. The summed E-state index contributed by atoms with van der Waals surface area (Å²) in [6.45, 7) is 4.32. The molecule has 1 fully saturated rings. The third-order valence-corrected chi connectivity index (χ3v) is 3.68. The van der Waals surface area contributed by atoms with Crippen molar-refractivity contribution < 1.29 is 0 Å². The summed E-state index contributed by atoms with van der Waals surface area (Å²) in [5.74, 6) is 0. The molecule has 0 aromatic heterocycles. The molecule has 1 aromatic carbocycles. The molecule has 0 unspecified atom stereocenters. The maximum atomic E-state index is 3.66. The van der Waals surface area contributed by atoms with Crippen LogP contribution in [0.5, 0.6) is 0 Å². The second-order valence-corrected chi connectivity index (χ2v) is 5.20. The molecule has 0 amide bonds. The summed E-state index contributed by atoms with van der Waals surface area (Å²) in [6, 6.07) is 9.48. The Balaban J connectivity index is 1.74. The van der Waals surface area contributed by atoms with E-state index in [-0.39, 0.29) is 0 Å². The number of hydrogen-bond donors (Lipinski definition) is 1. The molecule has 2 rings (SSSR count). The van der Waals surface area contributed by atoms with Gasteiger partial charge in [-0.3, -0.25) is 0 Å². The van der Waals surface area contributed by atoms with Gasteiger partial charge in [0, 0.05) is 31.9 Å². The lowest BCUT2D eigenvalue weighted by Gasteiger charge is -2.21. The van der Waals surface area contributed by atoms with Gasteiger partial charge in [-0.25, -0.2) is 0 Å². The highest BCUT2D eigenvalue weighted by Crippen LogP contribution is 2.17.